The largest absolute Gasteiger partial charge is 0.478 e. The van der Waals surface area contributed by atoms with E-state index in [1.54, 1.807) is 17.7 Å². The second kappa shape index (κ2) is 7.07. The lowest BCUT2D eigenvalue weighted by atomic mass is 10.1. The number of hydrogen-bond acceptors (Lipinski definition) is 6. The Kier molecular flexibility index (Phi) is 4.90. The molecule has 3 rings (SSSR count). The monoisotopic (exact) mass is 319 g/mol. The minimum Gasteiger partial charge on any atom is -0.478 e. The highest BCUT2D eigenvalue weighted by Gasteiger charge is 2.28. The van der Waals surface area contributed by atoms with E-state index in [4.69, 9.17) is 4.74 Å². The molecular formula is C16H21N3O2S. The Morgan fingerprint density at radius 3 is 3.18 bits per heavy atom. The van der Waals surface area contributed by atoms with Crippen LogP contribution < -0.4 is 9.64 Å². The summed E-state index contributed by atoms with van der Waals surface area (Å²) in [6.07, 6.45) is 4.07. The van der Waals surface area contributed by atoms with Crippen LogP contribution in [0, 0.1) is 0 Å². The third kappa shape index (κ3) is 3.39. The van der Waals surface area contributed by atoms with Gasteiger partial charge in [-0.25, -0.2) is 9.97 Å². The lowest BCUT2D eigenvalue weighted by molar-refractivity contribution is 0.161. The van der Waals surface area contributed by atoms with Crippen LogP contribution in [0.1, 0.15) is 37.2 Å². The van der Waals surface area contributed by atoms with Crippen LogP contribution >= 0.6 is 11.3 Å². The van der Waals surface area contributed by atoms with Crippen molar-refractivity contribution >= 4 is 17.2 Å². The smallest absolute Gasteiger partial charge is 0.218 e. The molecule has 5 nitrogen and oxygen atoms in total. The van der Waals surface area contributed by atoms with Crippen LogP contribution in [0.3, 0.4) is 0 Å². The molecule has 0 saturated carbocycles. The predicted molar refractivity (Wildman–Crippen MR) is 87.5 cm³/mol. The zero-order chi connectivity index (χ0) is 15.4. The van der Waals surface area contributed by atoms with E-state index in [1.807, 2.05) is 30.5 Å². The van der Waals surface area contributed by atoms with Crippen molar-refractivity contribution in [3.05, 3.63) is 34.8 Å². The SMILES string of the molecule is CCOc1cc(N2CCC[C@@H]2C[C@H](O)c2cccs2)ncn1. The lowest BCUT2D eigenvalue weighted by Gasteiger charge is -2.27. The van der Waals surface area contributed by atoms with Crippen LogP contribution in [-0.4, -0.2) is 34.3 Å². The van der Waals surface area contributed by atoms with E-state index in [1.165, 1.54) is 0 Å². The summed E-state index contributed by atoms with van der Waals surface area (Å²) in [5.74, 6) is 1.50. The molecule has 2 atom stereocenters. The van der Waals surface area contributed by atoms with Crippen molar-refractivity contribution in [1.29, 1.82) is 0 Å². The lowest BCUT2D eigenvalue weighted by Crippen LogP contribution is -2.31. The molecule has 1 aliphatic rings. The van der Waals surface area contributed by atoms with E-state index in [0.717, 1.165) is 36.5 Å². The van der Waals surface area contributed by atoms with Crippen molar-refractivity contribution in [3.63, 3.8) is 0 Å². The highest BCUT2D eigenvalue weighted by atomic mass is 32.1. The molecule has 1 N–H and O–H groups in total. The fraction of sp³-hybridized carbons (Fsp3) is 0.500. The molecule has 1 saturated heterocycles. The summed E-state index contributed by atoms with van der Waals surface area (Å²) in [5, 5.41) is 12.4. The van der Waals surface area contributed by atoms with Crippen LogP contribution in [0.5, 0.6) is 5.88 Å². The third-order valence-corrected chi connectivity index (χ3v) is 4.93. The van der Waals surface area contributed by atoms with Crippen molar-refractivity contribution in [3.8, 4) is 5.88 Å². The van der Waals surface area contributed by atoms with Gasteiger partial charge in [-0.15, -0.1) is 11.3 Å². The van der Waals surface area contributed by atoms with Gasteiger partial charge in [0.15, 0.2) is 0 Å². The number of aliphatic hydroxyl groups is 1. The Morgan fingerprint density at radius 2 is 2.41 bits per heavy atom. The molecular weight excluding hydrogens is 298 g/mol. The summed E-state index contributed by atoms with van der Waals surface area (Å²) in [6, 6.07) is 6.17. The first-order chi connectivity index (χ1) is 10.8. The minimum absolute atomic E-state index is 0.307. The summed E-state index contributed by atoms with van der Waals surface area (Å²) in [5.41, 5.74) is 0. The molecule has 2 aromatic heterocycles. The molecule has 22 heavy (non-hydrogen) atoms. The van der Waals surface area contributed by atoms with Crippen molar-refractivity contribution in [2.45, 2.75) is 38.3 Å². The third-order valence-electron chi connectivity index (χ3n) is 3.96. The average Bonchev–Trinajstić information content (AvgIpc) is 3.19. The number of nitrogens with zero attached hydrogens (tertiary/aromatic N) is 3. The number of rotatable bonds is 6. The number of hydrogen-bond donors (Lipinski definition) is 1. The molecule has 3 heterocycles. The molecule has 1 fully saturated rings. The Morgan fingerprint density at radius 1 is 1.50 bits per heavy atom. The van der Waals surface area contributed by atoms with Crippen molar-refractivity contribution in [1.82, 2.24) is 9.97 Å². The fourth-order valence-corrected chi connectivity index (χ4v) is 3.68. The van der Waals surface area contributed by atoms with Crippen molar-refractivity contribution in [2.75, 3.05) is 18.1 Å². The fourth-order valence-electron chi connectivity index (χ4n) is 2.95. The van der Waals surface area contributed by atoms with E-state index < -0.39 is 6.10 Å². The van der Waals surface area contributed by atoms with Crippen molar-refractivity contribution in [2.24, 2.45) is 0 Å². The normalized spacial score (nSPS) is 19.4. The summed E-state index contributed by atoms with van der Waals surface area (Å²) >= 11 is 1.61. The highest BCUT2D eigenvalue weighted by Crippen LogP contribution is 2.32. The molecule has 0 spiro atoms. The van der Waals surface area contributed by atoms with Gasteiger partial charge in [0.05, 0.1) is 12.7 Å². The Bertz CT molecular complexity index is 591. The van der Waals surface area contributed by atoms with E-state index in [2.05, 4.69) is 14.9 Å². The molecule has 6 heteroatoms. The van der Waals surface area contributed by atoms with Gasteiger partial charge in [-0.1, -0.05) is 6.07 Å². The van der Waals surface area contributed by atoms with Crippen molar-refractivity contribution < 1.29 is 9.84 Å². The molecule has 0 amide bonds. The number of ether oxygens (including phenoxy) is 1. The zero-order valence-electron chi connectivity index (χ0n) is 12.7. The van der Waals surface area contributed by atoms with E-state index in [-0.39, 0.29) is 0 Å². The maximum atomic E-state index is 10.4. The predicted octanol–water partition coefficient (Wildman–Crippen LogP) is 3.03. The first-order valence-electron chi connectivity index (χ1n) is 7.71. The van der Waals surface area contributed by atoms with Gasteiger partial charge in [0.25, 0.3) is 0 Å². The number of anilines is 1. The van der Waals surface area contributed by atoms with Gasteiger partial charge >= 0.3 is 0 Å². The Hall–Kier alpha value is -1.66. The standard InChI is InChI=1S/C16H21N3O2S/c1-2-21-16-10-15(17-11-18-16)19-7-3-5-12(19)9-13(20)14-6-4-8-22-14/h4,6,8,10-13,20H,2-3,5,7,9H2,1H3/t12-,13+/m1/s1. The van der Waals surface area contributed by atoms with Gasteiger partial charge in [0, 0.05) is 23.5 Å². The summed E-state index contributed by atoms with van der Waals surface area (Å²) < 4.78 is 5.46. The Labute approximate surface area is 134 Å². The van der Waals surface area contributed by atoms with E-state index >= 15 is 0 Å². The van der Waals surface area contributed by atoms with E-state index in [9.17, 15) is 5.11 Å². The second-order valence-corrected chi connectivity index (χ2v) is 6.38. The van der Waals surface area contributed by atoms with Gasteiger partial charge < -0.3 is 14.7 Å². The molecule has 0 aliphatic carbocycles. The number of aromatic nitrogens is 2. The molecule has 0 radical (unpaired) electrons. The van der Waals surface area contributed by atoms with Gasteiger partial charge in [-0.2, -0.15) is 0 Å². The van der Waals surface area contributed by atoms with E-state index in [0.29, 0.717) is 18.5 Å². The van der Waals surface area contributed by atoms with Crippen LogP contribution in [0.2, 0.25) is 0 Å². The van der Waals surface area contributed by atoms with Gasteiger partial charge in [0.1, 0.15) is 12.1 Å². The van der Waals surface area contributed by atoms with Gasteiger partial charge in [0.2, 0.25) is 5.88 Å². The quantitative estimate of drug-likeness (QED) is 0.887. The molecule has 118 valence electrons. The number of thiophene rings is 1. The molecule has 0 bridgehead atoms. The Balaban J connectivity index is 1.71. The van der Waals surface area contributed by atoms with Crippen LogP contribution in [0.4, 0.5) is 5.82 Å². The van der Waals surface area contributed by atoms with Gasteiger partial charge in [-0.05, 0) is 37.6 Å². The first-order valence-corrected chi connectivity index (χ1v) is 8.59. The number of aliphatic hydroxyl groups excluding tert-OH is 1. The second-order valence-electron chi connectivity index (χ2n) is 5.40. The maximum Gasteiger partial charge on any atom is 0.218 e. The maximum absolute atomic E-state index is 10.4. The van der Waals surface area contributed by atoms with Crippen LogP contribution in [-0.2, 0) is 0 Å². The van der Waals surface area contributed by atoms with Crippen LogP contribution in [0.25, 0.3) is 0 Å². The minimum atomic E-state index is -0.404. The summed E-state index contributed by atoms with van der Waals surface area (Å²) in [4.78, 5) is 11.8. The molecule has 0 unspecified atom stereocenters. The first kappa shape index (κ1) is 15.2. The topological polar surface area (TPSA) is 58.5 Å². The summed E-state index contributed by atoms with van der Waals surface area (Å²) in [7, 11) is 0. The van der Waals surface area contributed by atoms with Gasteiger partial charge in [-0.3, -0.25) is 0 Å². The zero-order valence-corrected chi connectivity index (χ0v) is 13.5. The molecule has 0 aromatic carbocycles. The average molecular weight is 319 g/mol. The summed E-state index contributed by atoms with van der Waals surface area (Å²) in [6.45, 7) is 3.50. The molecule has 1 aliphatic heterocycles. The highest BCUT2D eigenvalue weighted by molar-refractivity contribution is 7.10. The molecule has 2 aromatic rings. The van der Waals surface area contributed by atoms with Crippen LogP contribution in [0.15, 0.2) is 29.9 Å².